The Labute approximate surface area is 107 Å². The van der Waals surface area contributed by atoms with Crippen LogP contribution < -0.4 is 5.32 Å². The highest BCUT2D eigenvalue weighted by Gasteiger charge is 2.23. The van der Waals surface area contributed by atoms with Crippen molar-refractivity contribution < 1.29 is 4.39 Å². The highest BCUT2D eigenvalue weighted by Crippen LogP contribution is 2.28. The molecule has 0 radical (unpaired) electrons. The molecule has 1 aromatic carbocycles. The predicted octanol–water partition coefficient (Wildman–Crippen LogP) is 2.55. The molecule has 1 aromatic heterocycles. The van der Waals surface area contributed by atoms with Gasteiger partial charge in [0.25, 0.3) is 0 Å². The van der Waals surface area contributed by atoms with Crippen LogP contribution in [0.25, 0.3) is 0 Å². The van der Waals surface area contributed by atoms with Crippen LogP contribution in [0.3, 0.4) is 0 Å². The monoisotopic (exact) mass is 295 g/mol. The molecule has 3 rings (SSSR count). The van der Waals surface area contributed by atoms with E-state index in [4.69, 9.17) is 0 Å². The van der Waals surface area contributed by atoms with Crippen LogP contribution >= 0.6 is 15.9 Å². The molecular weight excluding hydrogens is 285 g/mol. The summed E-state index contributed by atoms with van der Waals surface area (Å²) in [5.74, 6) is -0.244. The maximum Gasteiger partial charge on any atom is 0.137 e. The fourth-order valence-electron chi connectivity index (χ4n) is 2.19. The molecule has 0 unspecified atom stereocenters. The Morgan fingerprint density at radius 2 is 2.29 bits per heavy atom. The molecule has 1 aliphatic heterocycles. The molecule has 0 aliphatic carbocycles. The highest BCUT2D eigenvalue weighted by atomic mass is 79.9. The minimum Gasteiger partial charge on any atom is -0.348 e. The predicted molar refractivity (Wildman–Crippen MR) is 66.2 cm³/mol. The zero-order valence-corrected chi connectivity index (χ0v) is 10.6. The van der Waals surface area contributed by atoms with Crippen LogP contribution in [0, 0.1) is 5.82 Å². The average molecular weight is 296 g/mol. The quantitative estimate of drug-likeness (QED) is 0.849. The first-order valence-electron chi connectivity index (χ1n) is 5.46. The van der Waals surface area contributed by atoms with Crippen LogP contribution in [0.5, 0.6) is 0 Å². The Morgan fingerprint density at radius 3 is 3.12 bits per heavy atom. The third-order valence-corrected chi connectivity index (χ3v) is 3.63. The van der Waals surface area contributed by atoms with Crippen molar-refractivity contribution in [2.45, 2.75) is 12.5 Å². The minimum atomic E-state index is -0.244. The second-order valence-electron chi connectivity index (χ2n) is 4.08. The Balaban J connectivity index is 2.03. The van der Waals surface area contributed by atoms with Crippen LogP contribution in [0.4, 0.5) is 4.39 Å². The number of rotatable bonds is 1. The topological polar surface area (TPSA) is 40.7 Å². The number of nitrogens with one attached hydrogen (secondary N) is 2. The van der Waals surface area contributed by atoms with Crippen molar-refractivity contribution >= 4 is 15.9 Å². The molecule has 0 saturated carbocycles. The van der Waals surface area contributed by atoms with Crippen LogP contribution in [0.15, 0.2) is 29.0 Å². The van der Waals surface area contributed by atoms with Gasteiger partial charge in [0.15, 0.2) is 0 Å². The van der Waals surface area contributed by atoms with Crippen LogP contribution in [-0.2, 0) is 6.42 Å². The molecule has 2 N–H and O–H groups in total. The number of halogens is 2. The average Bonchev–Trinajstić information content (AvgIpc) is 2.80. The second-order valence-corrected chi connectivity index (χ2v) is 4.93. The van der Waals surface area contributed by atoms with E-state index in [2.05, 4.69) is 31.2 Å². The fourth-order valence-corrected chi connectivity index (χ4v) is 2.58. The maximum atomic E-state index is 13.2. The SMILES string of the molecule is Fc1ccc([C@H]2NCCc3[nH]cnc32)cc1Br. The lowest BCUT2D eigenvalue weighted by Crippen LogP contribution is -2.30. The summed E-state index contributed by atoms with van der Waals surface area (Å²) >= 11 is 3.21. The van der Waals surface area contributed by atoms with Gasteiger partial charge in [0.05, 0.1) is 22.5 Å². The van der Waals surface area contributed by atoms with Crippen molar-refractivity contribution in [2.24, 2.45) is 0 Å². The zero-order valence-electron chi connectivity index (χ0n) is 9.00. The first-order valence-corrected chi connectivity index (χ1v) is 6.25. The van der Waals surface area contributed by atoms with E-state index >= 15 is 0 Å². The summed E-state index contributed by atoms with van der Waals surface area (Å²) in [5, 5.41) is 3.40. The van der Waals surface area contributed by atoms with Gasteiger partial charge in [-0.1, -0.05) is 6.07 Å². The normalized spacial score (nSPS) is 19.1. The van der Waals surface area contributed by atoms with Gasteiger partial charge in [-0.2, -0.15) is 0 Å². The Hall–Kier alpha value is -1.20. The number of imidazole rings is 1. The third kappa shape index (κ3) is 1.89. The zero-order chi connectivity index (χ0) is 11.8. The number of benzene rings is 1. The summed E-state index contributed by atoms with van der Waals surface area (Å²) in [5.41, 5.74) is 3.19. The van der Waals surface area contributed by atoms with E-state index in [1.165, 1.54) is 6.07 Å². The van der Waals surface area contributed by atoms with Crippen molar-refractivity contribution in [3.63, 3.8) is 0 Å². The maximum absolute atomic E-state index is 13.2. The van der Waals surface area contributed by atoms with E-state index < -0.39 is 0 Å². The van der Waals surface area contributed by atoms with Gasteiger partial charge < -0.3 is 10.3 Å². The van der Waals surface area contributed by atoms with Gasteiger partial charge in [-0.05, 0) is 33.6 Å². The molecule has 3 nitrogen and oxygen atoms in total. The third-order valence-electron chi connectivity index (χ3n) is 3.03. The minimum absolute atomic E-state index is 0.0434. The lowest BCUT2D eigenvalue weighted by Gasteiger charge is -2.23. The molecule has 0 saturated heterocycles. The van der Waals surface area contributed by atoms with Crippen molar-refractivity contribution in [1.82, 2.24) is 15.3 Å². The standard InChI is InChI=1S/C12H11BrFN3/c13-8-5-7(1-2-9(8)14)11-12-10(3-4-15-11)16-6-17-12/h1-2,5-6,11,15H,3-4H2,(H,16,17)/t11-/m1/s1. The summed E-state index contributed by atoms with van der Waals surface area (Å²) in [6, 6.07) is 5.11. The Bertz CT molecular complexity index is 552. The number of nitrogens with zero attached hydrogens (tertiary/aromatic N) is 1. The molecule has 88 valence electrons. The van der Waals surface area contributed by atoms with E-state index in [1.54, 1.807) is 18.5 Å². The molecule has 17 heavy (non-hydrogen) atoms. The van der Waals surface area contributed by atoms with Crippen molar-refractivity contribution in [2.75, 3.05) is 6.54 Å². The lowest BCUT2D eigenvalue weighted by molar-refractivity contribution is 0.551. The fraction of sp³-hybridized carbons (Fsp3) is 0.250. The second kappa shape index (κ2) is 4.23. The molecule has 2 heterocycles. The highest BCUT2D eigenvalue weighted by molar-refractivity contribution is 9.10. The summed E-state index contributed by atoms with van der Waals surface area (Å²) < 4.78 is 13.7. The van der Waals surface area contributed by atoms with E-state index in [0.717, 1.165) is 29.9 Å². The van der Waals surface area contributed by atoms with Crippen LogP contribution in [0.1, 0.15) is 23.0 Å². The number of aromatic nitrogens is 2. The smallest absolute Gasteiger partial charge is 0.137 e. The van der Waals surface area contributed by atoms with E-state index in [1.807, 2.05) is 0 Å². The molecular formula is C12H11BrFN3. The lowest BCUT2D eigenvalue weighted by atomic mass is 9.98. The van der Waals surface area contributed by atoms with E-state index in [-0.39, 0.29) is 11.9 Å². The number of H-pyrrole nitrogens is 1. The molecule has 0 spiro atoms. The summed E-state index contributed by atoms with van der Waals surface area (Å²) in [7, 11) is 0. The van der Waals surface area contributed by atoms with Gasteiger partial charge in [-0.3, -0.25) is 0 Å². The van der Waals surface area contributed by atoms with E-state index in [0.29, 0.717) is 4.47 Å². The number of hydrogen-bond acceptors (Lipinski definition) is 2. The largest absolute Gasteiger partial charge is 0.348 e. The molecule has 1 aliphatic rings. The summed E-state index contributed by atoms with van der Waals surface area (Å²) in [4.78, 5) is 7.49. The first kappa shape index (κ1) is 10.9. The molecule has 0 amide bonds. The van der Waals surface area contributed by atoms with Crippen molar-refractivity contribution in [1.29, 1.82) is 0 Å². The Morgan fingerprint density at radius 1 is 1.41 bits per heavy atom. The van der Waals surface area contributed by atoms with Crippen molar-refractivity contribution in [3.05, 3.63) is 51.8 Å². The van der Waals surface area contributed by atoms with Gasteiger partial charge in [0, 0.05) is 18.7 Å². The van der Waals surface area contributed by atoms with E-state index in [9.17, 15) is 4.39 Å². The number of fused-ring (bicyclic) bond motifs is 1. The molecule has 5 heteroatoms. The van der Waals surface area contributed by atoms with Crippen LogP contribution in [-0.4, -0.2) is 16.5 Å². The van der Waals surface area contributed by atoms with Gasteiger partial charge in [0.1, 0.15) is 5.82 Å². The number of aromatic amines is 1. The van der Waals surface area contributed by atoms with Gasteiger partial charge in [-0.15, -0.1) is 0 Å². The number of hydrogen-bond donors (Lipinski definition) is 2. The molecule has 1 atom stereocenters. The molecule has 2 aromatic rings. The van der Waals surface area contributed by atoms with Gasteiger partial charge in [0.2, 0.25) is 0 Å². The molecule has 0 bridgehead atoms. The summed E-state index contributed by atoms with van der Waals surface area (Å²) in [6.07, 6.45) is 2.66. The Kier molecular flexibility index (Phi) is 2.72. The van der Waals surface area contributed by atoms with Gasteiger partial charge >= 0.3 is 0 Å². The van der Waals surface area contributed by atoms with Gasteiger partial charge in [-0.25, -0.2) is 9.37 Å². The van der Waals surface area contributed by atoms with Crippen LogP contribution in [0.2, 0.25) is 0 Å². The van der Waals surface area contributed by atoms with Crippen molar-refractivity contribution in [3.8, 4) is 0 Å². The molecule has 0 fully saturated rings. The first-order chi connectivity index (χ1) is 8.25. The summed E-state index contributed by atoms with van der Waals surface area (Å²) in [6.45, 7) is 0.898.